The summed E-state index contributed by atoms with van der Waals surface area (Å²) in [5, 5.41) is 3.35. The van der Waals surface area contributed by atoms with Crippen LogP contribution in [0, 0.1) is 0 Å². The minimum Gasteiger partial charge on any atom is -0.377 e. The predicted molar refractivity (Wildman–Crippen MR) is 79.1 cm³/mol. The monoisotopic (exact) mass is 262 g/mol. The summed E-state index contributed by atoms with van der Waals surface area (Å²) in [6.45, 7) is 8.18. The van der Waals surface area contributed by atoms with Crippen LogP contribution in [0.3, 0.4) is 0 Å². The SMILES string of the molecule is CCNCc1ccc(CN(C)C2CCOC2C)cc1. The van der Waals surface area contributed by atoms with Crippen LogP contribution in [0.5, 0.6) is 0 Å². The molecule has 106 valence electrons. The van der Waals surface area contributed by atoms with Crippen LogP contribution < -0.4 is 5.32 Å². The number of rotatable bonds is 6. The predicted octanol–water partition coefficient (Wildman–Crippen LogP) is 2.41. The summed E-state index contributed by atoms with van der Waals surface area (Å²) in [6.07, 6.45) is 1.51. The fraction of sp³-hybridized carbons (Fsp3) is 0.625. The lowest BCUT2D eigenvalue weighted by Gasteiger charge is -2.26. The summed E-state index contributed by atoms with van der Waals surface area (Å²) in [5.41, 5.74) is 2.73. The lowest BCUT2D eigenvalue weighted by atomic mass is 10.1. The number of benzene rings is 1. The molecule has 1 fully saturated rings. The first-order valence-electron chi connectivity index (χ1n) is 7.31. The van der Waals surface area contributed by atoms with E-state index in [9.17, 15) is 0 Å². The highest BCUT2D eigenvalue weighted by Gasteiger charge is 2.27. The van der Waals surface area contributed by atoms with E-state index in [0.717, 1.165) is 32.7 Å². The lowest BCUT2D eigenvalue weighted by Crippen LogP contribution is -2.36. The van der Waals surface area contributed by atoms with Gasteiger partial charge in [-0.25, -0.2) is 0 Å². The number of nitrogens with one attached hydrogen (secondary N) is 1. The van der Waals surface area contributed by atoms with Gasteiger partial charge in [-0.2, -0.15) is 0 Å². The molecule has 2 atom stereocenters. The van der Waals surface area contributed by atoms with Gasteiger partial charge in [0.05, 0.1) is 6.10 Å². The summed E-state index contributed by atoms with van der Waals surface area (Å²) in [5.74, 6) is 0. The Morgan fingerprint density at radius 2 is 1.95 bits per heavy atom. The second-order valence-electron chi connectivity index (χ2n) is 5.44. The van der Waals surface area contributed by atoms with Crippen LogP contribution in [0.15, 0.2) is 24.3 Å². The quantitative estimate of drug-likeness (QED) is 0.852. The van der Waals surface area contributed by atoms with Gasteiger partial charge in [0, 0.05) is 25.7 Å². The number of ether oxygens (including phenoxy) is 1. The number of hydrogen-bond donors (Lipinski definition) is 1. The Hall–Kier alpha value is -0.900. The third-order valence-corrected chi connectivity index (χ3v) is 3.94. The van der Waals surface area contributed by atoms with Crippen molar-refractivity contribution in [1.82, 2.24) is 10.2 Å². The standard InChI is InChI=1S/C16H26N2O/c1-4-17-11-14-5-7-15(8-6-14)12-18(3)16-9-10-19-13(16)2/h5-8,13,16-17H,4,9-12H2,1-3H3. The average Bonchev–Trinajstić information content (AvgIpc) is 2.84. The number of nitrogens with zero attached hydrogens (tertiary/aromatic N) is 1. The van der Waals surface area contributed by atoms with Crippen LogP contribution in [0.2, 0.25) is 0 Å². The van der Waals surface area contributed by atoms with Crippen molar-refractivity contribution in [3.05, 3.63) is 35.4 Å². The molecule has 1 aromatic carbocycles. The van der Waals surface area contributed by atoms with Crippen molar-refractivity contribution < 1.29 is 4.74 Å². The Morgan fingerprint density at radius 3 is 2.53 bits per heavy atom. The molecule has 2 unspecified atom stereocenters. The Kier molecular flexibility index (Phi) is 5.37. The van der Waals surface area contributed by atoms with E-state index in [1.807, 2.05) is 0 Å². The van der Waals surface area contributed by atoms with Crippen LogP contribution >= 0.6 is 0 Å². The zero-order chi connectivity index (χ0) is 13.7. The van der Waals surface area contributed by atoms with E-state index in [-0.39, 0.29) is 0 Å². The second kappa shape index (κ2) is 7.04. The van der Waals surface area contributed by atoms with Crippen LogP contribution in [0.25, 0.3) is 0 Å². The molecule has 0 bridgehead atoms. The minimum atomic E-state index is 0.359. The molecular formula is C16H26N2O. The molecule has 0 amide bonds. The van der Waals surface area contributed by atoms with E-state index >= 15 is 0 Å². The minimum absolute atomic E-state index is 0.359. The largest absolute Gasteiger partial charge is 0.377 e. The van der Waals surface area contributed by atoms with Gasteiger partial charge in [-0.3, -0.25) is 4.90 Å². The van der Waals surface area contributed by atoms with Gasteiger partial charge in [-0.05, 0) is 38.1 Å². The van der Waals surface area contributed by atoms with Crippen LogP contribution in [-0.2, 0) is 17.8 Å². The first-order valence-corrected chi connectivity index (χ1v) is 7.31. The van der Waals surface area contributed by atoms with E-state index in [1.54, 1.807) is 0 Å². The fourth-order valence-corrected chi connectivity index (χ4v) is 2.74. The summed E-state index contributed by atoms with van der Waals surface area (Å²) < 4.78 is 5.64. The molecule has 3 nitrogen and oxygen atoms in total. The molecule has 0 aliphatic carbocycles. The summed E-state index contributed by atoms with van der Waals surface area (Å²) in [4.78, 5) is 2.41. The summed E-state index contributed by atoms with van der Waals surface area (Å²) in [6, 6.07) is 9.48. The molecule has 1 heterocycles. The Morgan fingerprint density at radius 1 is 1.26 bits per heavy atom. The molecule has 1 aliphatic heterocycles. The van der Waals surface area contributed by atoms with E-state index in [0.29, 0.717) is 12.1 Å². The molecule has 19 heavy (non-hydrogen) atoms. The van der Waals surface area contributed by atoms with Gasteiger partial charge in [0.2, 0.25) is 0 Å². The Bertz CT molecular complexity index is 377. The van der Waals surface area contributed by atoms with Gasteiger partial charge in [-0.15, -0.1) is 0 Å². The maximum atomic E-state index is 5.64. The Labute approximate surface area is 116 Å². The van der Waals surface area contributed by atoms with E-state index in [4.69, 9.17) is 4.74 Å². The molecular weight excluding hydrogens is 236 g/mol. The van der Waals surface area contributed by atoms with Gasteiger partial charge in [0.15, 0.2) is 0 Å². The van der Waals surface area contributed by atoms with E-state index in [1.165, 1.54) is 11.1 Å². The third kappa shape index (κ3) is 4.03. The van der Waals surface area contributed by atoms with E-state index in [2.05, 4.69) is 55.4 Å². The highest BCUT2D eigenvalue weighted by Crippen LogP contribution is 2.20. The van der Waals surface area contributed by atoms with Gasteiger partial charge >= 0.3 is 0 Å². The highest BCUT2D eigenvalue weighted by molar-refractivity contribution is 5.22. The van der Waals surface area contributed by atoms with Crippen molar-refractivity contribution in [2.75, 3.05) is 20.2 Å². The van der Waals surface area contributed by atoms with Crippen LogP contribution in [0.1, 0.15) is 31.4 Å². The first-order chi connectivity index (χ1) is 9.20. The summed E-state index contributed by atoms with van der Waals surface area (Å²) >= 11 is 0. The second-order valence-corrected chi connectivity index (χ2v) is 5.44. The normalized spacial score (nSPS) is 23.2. The molecule has 1 aromatic rings. The zero-order valence-electron chi connectivity index (χ0n) is 12.4. The number of hydrogen-bond acceptors (Lipinski definition) is 3. The average molecular weight is 262 g/mol. The van der Waals surface area contributed by atoms with Crippen molar-refractivity contribution in [3.63, 3.8) is 0 Å². The van der Waals surface area contributed by atoms with Crippen molar-refractivity contribution in [3.8, 4) is 0 Å². The smallest absolute Gasteiger partial charge is 0.0703 e. The third-order valence-electron chi connectivity index (χ3n) is 3.94. The molecule has 1 aliphatic rings. The fourth-order valence-electron chi connectivity index (χ4n) is 2.74. The molecule has 1 saturated heterocycles. The van der Waals surface area contributed by atoms with Crippen LogP contribution in [-0.4, -0.2) is 37.2 Å². The number of likely N-dealkylation sites (N-methyl/N-ethyl adjacent to an activating group) is 1. The van der Waals surface area contributed by atoms with E-state index < -0.39 is 0 Å². The van der Waals surface area contributed by atoms with Crippen molar-refractivity contribution in [2.24, 2.45) is 0 Å². The molecule has 0 aromatic heterocycles. The van der Waals surface area contributed by atoms with Crippen LogP contribution in [0.4, 0.5) is 0 Å². The molecule has 3 heteroatoms. The van der Waals surface area contributed by atoms with Gasteiger partial charge < -0.3 is 10.1 Å². The zero-order valence-corrected chi connectivity index (χ0v) is 12.4. The molecule has 0 spiro atoms. The summed E-state index contributed by atoms with van der Waals surface area (Å²) in [7, 11) is 2.20. The topological polar surface area (TPSA) is 24.5 Å². The first kappa shape index (κ1) is 14.5. The Balaban J connectivity index is 1.88. The van der Waals surface area contributed by atoms with Crippen molar-refractivity contribution in [2.45, 2.75) is 45.5 Å². The lowest BCUT2D eigenvalue weighted by molar-refractivity contribution is 0.0814. The molecule has 0 radical (unpaired) electrons. The maximum Gasteiger partial charge on any atom is 0.0703 e. The van der Waals surface area contributed by atoms with Gasteiger partial charge in [-0.1, -0.05) is 31.2 Å². The van der Waals surface area contributed by atoms with Crippen molar-refractivity contribution >= 4 is 0 Å². The van der Waals surface area contributed by atoms with Crippen molar-refractivity contribution in [1.29, 1.82) is 0 Å². The molecule has 2 rings (SSSR count). The highest BCUT2D eigenvalue weighted by atomic mass is 16.5. The van der Waals surface area contributed by atoms with Gasteiger partial charge in [0.25, 0.3) is 0 Å². The molecule has 1 N–H and O–H groups in total. The van der Waals surface area contributed by atoms with Gasteiger partial charge in [0.1, 0.15) is 0 Å². The maximum absolute atomic E-state index is 5.64. The molecule has 0 saturated carbocycles.